The molecule has 0 spiro atoms. The van der Waals surface area contributed by atoms with Crippen LogP contribution in [0.4, 0.5) is 4.79 Å². The van der Waals surface area contributed by atoms with Gasteiger partial charge in [0, 0.05) is 12.6 Å². The van der Waals surface area contributed by atoms with Crippen molar-refractivity contribution in [1.82, 2.24) is 16.0 Å². The van der Waals surface area contributed by atoms with E-state index < -0.39 is 6.03 Å². The van der Waals surface area contributed by atoms with Gasteiger partial charge >= 0.3 is 6.03 Å². The normalized spacial score (nSPS) is 12.3. The number of carbonyl (C=O) groups is 2. The van der Waals surface area contributed by atoms with Crippen LogP contribution in [0, 0.1) is 11.8 Å². The van der Waals surface area contributed by atoms with E-state index in [-0.39, 0.29) is 18.5 Å². The first-order chi connectivity index (χ1) is 11.3. The Morgan fingerprint density at radius 1 is 1.04 bits per heavy atom. The summed E-state index contributed by atoms with van der Waals surface area (Å²) >= 11 is 0. The molecule has 1 aromatic carbocycles. The molecule has 24 heavy (non-hydrogen) atoms. The van der Waals surface area contributed by atoms with Crippen LogP contribution in [-0.2, 0) is 11.2 Å². The van der Waals surface area contributed by atoms with Gasteiger partial charge in [-0.1, -0.05) is 58.9 Å². The van der Waals surface area contributed by atoms with E-state index in [4.69, 9.17) is 0 Å². The second kappa shape index (κ2) is 10.1. The first-order valence-electron chi connectivity index (χ1n) is 8.73. The summed E-state index contributed by atoms with van der Waals surface area (Å²) in [7, 11) is 0. The molecule has 0 aliphatic rings. The summed E-state index contributed by atoms with van der Waals surface area (Å²) in [5, 5.41) is 8.27. The third-order valence-electron chi connectivity index (χ3n) is 3.82. The van der Waals surface area contributed by atoms with E-state index in [1.165, 1.54) is 5.56 Å². The number of carbonyl (C=O) groups excluding carboxylic acids is 2. The summed E-state index contributed by atoms with van der Waals surface area (Å²) < 4.78 is 0. The number of rotatable bonds is 8. The Hall–Kier alpha value is -1.88. The summed E-state index contributed by atoms with van der Waals surface area (Å²) in [6.45, 7) is 11.0. The molecule has 1 rings (SSSR count). The molecule has 3 amide bonds. The Kier molecular flexibility index (Phi) is 8.47. The quantitative estimate of drug-likeness (QED) is 0.685. The van der Waals surface area contributed by atoms with E-state index in [0.717, 1.165) is 12.0 Å². The van der Waals surface area contributed by atoms with Gasteiger partial charge in [0.05, 0.1) is 6.54 Å². The standard InChI is InChI=1S/C19H31N3O2/c1-6-15-7-9-16(10-8-15)18(14(4)5)20-12-17(23)22-19(24)21-11-13(2)3/h7-10,13-14,18,20H,6,11-12H2,1-5H3,(H2,21,22,23,24)/t18-/m0/s1. The Labute approximate surface area is 145 Å². The molecule has 5 heteroatoms. The van der Waals surface area contributed by atoms with Crippen LogP contribution in [0.25, 0.3) is 0 Å². The number of urea groups is 1. The van der Waals surface area contributed by atoms with Crippen molar-refractivity contribution in [2.24, 2.45) is 11.8 Å². The van der Waals surface area contributed by atoms with Crippen LogP contribution in [0.3, 0.4) is 0 Å². The van der Waals surface area contributed by atoms with Gasteiger partial charge in [-0.05, 0) is 29.4 Å². The van der Waals surface area contributed by atoms with Crippen LogP contribution in [0.15, 0.2) is 24.3 Å². The molecule has 134 valence electrons. The average molecular weight is 333 g/mol. The summed E-state index contributed by atoms with van der Waals surface area (Å²) in [5.74, 6) is 0.354. The van der Waals surface area contributed by atoms with E-state index in [1.54, 1.807) is 0 Å². The Morgan fingerprint density at radius 2 is 1.67 bits per heavy atom. The van der Waals surface area contributed by atoms with E-state index in [2.05, 4.69) is 61.0 Å². The maximum absolute atomic E-state index is 11.9. The van der Waals surface area contributed by atoms with Crippen LogP contribution in [0.5, 0.6) is 0 Å². The minimum absolute atomic E-state index is 0.0698. The number of amides is 3. The van der Waals surface area contributed by atoms with Crippen LogP contribution < -0.4 is 16.0 Å². The van der Waals surface area contributed by atoms with Crippen molar-refractivity contribution < 1.29 is 9.59 Å². The zero-order chi connectivity index (χ0) is 18.1. The van der Waals surface area contributed by atoms with E-state index >= 15 is 0 Å². The lowest BCUT2D eigenvalue weighted by Crippen LogP contribution is -2.45. The van der Waals surface area contributed by atoms with Gasteiger partial charge in [0.15, 0.2) is 0 Å². The molecule has 0 bridgehead atoms. The maximum Gasteiger partial charge on any atom is 0.321 e. The van der Waals surface area contributed by atoms with E-state index in [1.807, 2.05) is 13.8 Å². The molecule has 0 fully saturated rings. The lowest BCUT2D eigenvalue weighted by atomic mass is 9.95. The average Bonchev–Trinajstić information content (AvgIpc) is 2.53. The van der Waals surface area contributed by atoms with Crippen molar-refractivity contribution in [2.45, 2.75) is 47.1 Å². The molecule has 0 heterocycles. The van der Waals surface area contributed by atoms with Gasteiger partial charge in [0.25, 0.3) is 0 Å². The van der Waals surface area contributed by atoms with Gasteiger partial charge in [0.2, 0.25) is 5.91 Å². The molecule has 0 aromatic heterocycles. The van der Waals surface area contributed by atoms with E-state index in [9.17, 15) is 9.59 Å². The number of nitrogens with one attached hydrogen (secondary N) is 3. The van der Waals surface area contributed by atoms with Gasteiger partial charge in [-0.3, -0.25) is 10.1 Å². The molecule has 5 nitrogen and oxygen atoms in total. The fourth-order valence-electron chi connectivity index (χ4n) is 2.41. The highest BCUT2D eigenvalue weighted by Gasteiger charge is 2.17. The molecule has 0 aliphatic heterocycles. The van der Waals surface area contributed by atoms with Gasteiger partial charge in [-0.15, -0.1) is 0 Å². The third-order valence-corrected chi connectivity index (χ3v) is 3.82. The van der Waals surface area contributed by atoms with Gasteiger partial charge in [0.1, 0.15) is 0 Å². The molecule has 0 saturated heterocycles. The van der Waals surface area contributed by atoms with Gasteiger partial charge in [-0.25, -0.2) is 4.79 Å². The fourth-order valence-corrected chi connectivity index (χ4v) is 2.41. The van der Waals surface area contributed by atoms with Crippen molar-refractivity contribution in [3.63, 3.8) is 0 Å². The number of benzene rings is 1. The smallest absolute Gasteiger partial charge is 0.321 e. The second-order valence-electron chi connectivity index (χ2n) is 6.85. The van der Waals surface area contributed by atoms with Gasteiger partial charge < -0.3 is 10.6 Å². The molecule has 3 N–H and O–H groups in total. The predicted molar refractivity (Wildman–Crippen MR) is 97.8 cm³/mol. The first kappa shape index (κ1) is 20.2. The molecule has 0 aliphatic carbocycles. The molecular formula is C19H31N3O2. The van der Waals surface area contributed by atoms with Crippen LogP contribution in [0.2, 0.25) is 0 Å². The van der Waals surface area contributed by atoms with Crippen molar-refractivity contribution in [2.75, 3.05) is 13.1 Å². The number of hydrogen-bond acceptors (Lipinski definition) is 3. The fraction of sp³-hybridized carbons (Fsp3) is 0.579. The molecule has 0 radical (unpaired) electrons. The van der Waals surface area contributed by atoms with Crippen molar-refractivity contribution in [3.8, 4) is 0 Å². The van der Waals surface area contributed by atoms with Crippen LogP contribution in [-0.4, -0.2) is 25.0 Å². The minimum Gasteiger partial charge on any atom is -0.338 e. The maximum atomic E-state index is 11.9. The highest BCUT2D eigenvalue weighted by Crippen LogP contribution is 2.21. The molecule has 1 atom stereocenters. The van der Waals surface area contributed by atoms with Crippen LogP contribution in [0.1, 0.15) is 51.8 Å². The largest absolute Gasteiger partial charge is 0.338 e. The summed E-state index contributed by atoms with van der Waals surface area (Å²) in [4.78, 5) is 23.5. The SMILES string of the molecule is CCc1ccc([C@@H](NCC(=O)NC(=O)NCC(C)C)C(C)C)cc1. The molecule has 1 aromatic rings. The highest BCUT2D eigenvalue weighted by molar-refractivity contribution is 5.95. The van der Waals surface area contributed by atoms with E-state index in [0.29, 0.717) is 18.4 Å². The first-order valence-corrected chi connectivity index (χ1v) is 8.73. The predicted octanol–water partition coefficient (Wildman–Crippen LogP) is 3.02. The minimum atomic E-state index is -0.441. The lowest BCUT2D eigenvalue weighted by Gasteiger charge is -2.23. The zero-order valence-corrected chi connectivity index (χ0v) is 15.5. The monoisotopic (exact) mass is 333 g/mol. The summed E-state index contributed by atoms with van der Waals surface area (Å²) in [5.41, 5.74) is 2.44. The van der Waals surface area contributed by atoms with Crippen molar-refractivity contribution in [1.29, 1.82) is 0 Å². The summed E-state index contributed by atoms with van der Waals surface area (Å²) in [6.07, 6.45) is 1.01. The Morgan fingerprint density at radius 3 is 2.17 bits per heavy atom. The topological polar surface area (TPSA) is 70.2 Å². The zero-order valence-electron chi connectivity index (χ0n) is 15.5. The number of hydrogen-bond donors (Lipinski definition) is 3. The lowest BCUT2D eigenvalue weighted by molar-refractivity contribution is -0.119. The molecule has 0 saturated carbocycles. The van der Waals surface area contributed by atoms with Gasteiger partial charge in [-0.2, -0.15) is 0 Å². The summed E-state index contributed by atoms with van der Waals surface area (Å²) in [6, 6.07) is 8.06. The number of aryl methyl sites for hydroxylation is 1. The Balaban J connectivity index is 2.53. The highest BCUT2D eigenvalue weighted by atomic mass is 16.2. The molecule has 0 unspecified atom stereocenters. The van der Waals surface area contributed by atoms with Crippen molar-refractivity contribution in [3.05, 3.63) is 35.4 Å². The third kappa shape index (κ3) is 7.13. The Bertz CT molecular complexity index is 524. The van der Waals surface area contributed by atoms with Crippen molar-refractivity contribution >= 4 is 11.9 Å². The molecular weight excluding hydrogens is 302 g/mol. The number of imide groups is 1. The second-order valence-corrected chi connectivity index (χ2v) is 6.85. The van der Waals surface area contributed by atoms with Crippen LogP contribution >= 0.6 is 0 Å².